The van der Waals surface area contributed by atoms with Crippen LogP contribution in [0, 0.1) is 0 Å². The Morgan fingerprint density at radius 1 is 1.12 bits per heavy atom. The number of benzene rings is 2. The number of fused-ring (bicyclic) bond motifs is 1. The standard InChI is InChI=1S/C27H30N6O5S2/c1-31-24-22(16-29-31)26(35)33(18-28-24)17-27(36)10-12-32(13-11-27)25(34)20-8-6-19(7-9-20)21-4-2-3-5-23(21)30-40(37,38)15-14-39/h2-9,16,18,30,36,39H,10-15,17H2,1H3. The first-order chi connectivity index (χ1) is 19.1. The maximum atomic E-state index is 13.2. The molecule has 1 aliphatic rings. The molecule has 1 fully saturated rings. The average Bonchev–Trinajstić information content (AvgIpc) is 3.31. The Morgan fingerprint density at radius 3 is 2.52 bits per heavy atom. The zero-order valence-electron chi connectivity index (χ0n) is 21.9. The quantitative estimate of drug-likeness (QED) is 0.271. The number of thiol groups is 1. The SMILES string of the molecule is Cn1ncc2c(=O)n(CC3(O)CCN(C(=O)c4ccc(-c5ccccc5NS(=O)(=O)CCS)cc4)CC3)cnc21. The number of rotatable bonds is 8. The summed E-state index contributed by atoms with van der Waals surface area (Å²) in [7, 11) is -1.82. The first kappa shape index (κ1) is 27.9. The minimum absolute atomic E-state index is 0.0809. The van der Waals surface area contributed by atoms with Crippen molar-refractivity contribution in [3.05, 3.63) is 77.0 Å². The van der Waals surface area contributed by atoms with Gasteiger partial charge in [0.2, 0.25) is 10.0 Å². The highest BCUT2D eigenvalue weighted by molar-refractivity contribution is 7.93. The van der Waals surface area contributed by atoms with E-state index in [1.54, 1.807) is 48.3 Å². The third kappa shape index (κ3) is 5.76. The monoisotopic (exact) mass is 582 g/mol. The number of anilines is 1. The maximum Gasteiger partial charge on any atom is 0.264 e. The Balaban J connectivity index is 1.25. The van der Waals surface area contributed by atoms with Crippen LogP contribution in [0.25, 0.3) is 22.2 Å². The molecule has 40 heavy (non-hydrogen) atoms. The lowest BCUT2D eigenvalue weighted by Gasteiger charge is -2.38. The summed E-state index contributed by atoms with van der Waals surface area (Å²) in [5.74, 6) is -0.0538. The molecule has 1 saturated heterocycles. The van der Waals surface area contributed by atoms with Gasteiger partial charge in [0.25, 0.3) is 11.5 Å². The maximum absolute atomic E-state index is 13.2. The number of aromatic nitrogens is 4. The zero-order chi connectivity index (χ0) is 28.5. The van der Waals surface area contributed by atoms with E-state index < -0.39 is 15.6 Å². The molecule has 1 amide bonds. The number of likely N-dealkylation sites (tertiary alicyclic amines) is 1. The highest BCUT2D eigenvalue weighted by Crippen LogP contribution is 2.30. The van der Waals surface area contributed by atoms with Crippen molar-refractivity contribution in [2.75, 3.05) is 29.3 Å². The van der Waals surface area contributed by atoms with Gasteiger partial charge in [0.15, 0.2) is 5.65 Å². The lowest BCUT2D eigenvalue weighted by atomic mass is 9.90. The molecule has 0 radical (unpaired) electrons. The topological polar surface area (TPSA) is 139 Å². The van der Waals surface area contributed by atoms with Crippen molar-refractivity contribution >= 4 is 45.3 Å². The fraction of sp³-hybridized carbons (Fsp3) is 0.333. The van der Waals surface area contributed by atoms with Gasteiger partial charge in [0, 0.05) is 37.0 Å². The summed E-state index contributed by atoms with van der Waals surface area (Å²) in [6.45, 7) is 0.756. The lowest BCUT2D eigenvalue weighted by Crippen LogP contribution is -2.49. The van der Waals surface area contributed by atoms with Gasteiger partial charge in [-0.1, -0.05) is 30.3 Å². The Hall–Kier alpha value is -3.68. The van der Waals surface area contributed by atoms with E-state index in [0.717, 1.165) is 5.56 Å². The van der Waals surface area contributed by atoms with E-state index in [1.165, 1.54) is 21.8 Å². The third-order valence-corrected chi connectivity index (χ3v) is 8.96. The summed E-state index contributed by atoms with van der Waals surface area (Å²) in [5, 5.41) is 15.7. The first-order valence-electron chi connectivity index (χ1n) is 12.8. The number of aryl methyl sites for hydroxylation is 1. The molecule has 0 atom stereocenters. The summed E-state index contributed by atoms with van der Waals surface area (Å²) < 4.78 is 30.1. The Labute approximate surface area is 236 Å². The Bertz CT molecular complexity index is 1710. The molecule has 11 nitrogen and oxygen atoms in total. The van der Waals surface area contributed by atoms with Crippen LogP contribution in [0.3, 0.4) is 0 Å². The fourth-order valence-corrected chi connectivity index (χ4v) is 6.49. The molecular formula is C27H30N6O5S2. The van der Waals surface area contributed by atoms with Crippen molar-refractivity contribution in [3.8, 4) is 11.1 Å². The highest BCUT2D eigenvalue weighted by Gasteiger charge is 2.35. The second kappa shape index (κ2) is 11.1. The van der Waals surface area contributed by atoms with Gasteiger partial charge in [-0.25, -0.2) is 13.4 Å². The van der Waals surface area contributed by atoms with E-state index in [9.17, 15) is 23.1 Å². The molecule has 0 aliphatic carbocycles. The molecule has 0 saturated carbocycles. The van der Waals surface area contributed by atoms with E-state index in [-0.39, 0.29) is 29.5 Å². The number of sulfonamides is 1. The van der Waals surface area contributed by atoms with Crippen LogP contribution < -0.4 is 10.3 Å². The number of piperidine rings is 1. The summed E-state index contributed by atoms with van der Waals surface area (Å²) >= 11 is 4.01. The van der Waals surface area contributed by atoms with Crippen molar-refractivity contribution in [2.24, 2.45) is 7.05 Å². The van der Waals surface area contributed by atoms with Crippen molar-refractivity contribution < 1.29 is 18.3 Å². The van der Waals surface area contributed by atoms with Crippen LogP contribution in [-0.4, -0.2) is 73.9 Å². The number of carbonyl (C=O) groups is 1. The van der Waals surface area contributed by atoms with Crippen molar-refractivity contribution in [2.45, 2.75) is 25.0 Å². The normalized spacial score (nSPS) is 15.3. The van der Waals surface area contributed by atoms with Crippen LogP contribution in [0.2, 0.25) is 0 Å². The minimum Gasteiger partial charge on any atom is -0.388 e. The molecule has 210 valence electrons. The zero-order valence-corrected chi connectivity index (χ0v) is 23.6. The van der Waals surface area contributed by atoms with Crippen LogP contribution in [0.1, 0.15) is 23.2 Å². The molecule has 0 unspecified atom stereocenters. The molecule has 3 heterocycles. The van der Waals surface area contributed by atoms with Gasteiger partial charge in [0.1, 0.15) is 11.7 Å². The summed E-state index contributed by atoms with van der Waals surface area (Å²) in [5.41, 5.74) is 1.48. The minimum atomic E-state index is -3.53. The van der Waals surface area contributed by atoms with Crippen LogP contribution in [0.4, 0.5) is 5.69 Å². The van der Waals surface area contributed by atoms with E-state index in [1.807, 2.05) is 12.1 Å². The number of nitrogens with one attached hydrogen (secondary N) is 1. The van der Waals surface area contributed by atoms with Gasteiger partial charge in [-0.15, -0.1) is 0 Å². The average molecular weight is 583 g/mol. The second-order valence-corrected chi connectivity index (χ2v) is 12.3. The Morgan fingerprint density at radius 2 is 1.82 bits per heavy atom. The number of hydrogen-bond acceptors (Lipinski definition) is 8. The van der Waals surface area contributed by atoms with E-state index in [4.69, 9.17) is 0 Å². The number of carbonyl (C=O) groups excluding carboxylic acids is 1. The van der Waals surface area contributed by atoms with Crippen LogP contribution in [-0.2, 0) is 23.6 Å². The Kier molecular flexibility index (Phi) is 7.71. The highest BCUT2D eigenvalue weighted by atomic mass is 32.2. The molecule has 0 bridgehead atoms. The lowest BCUT2D eigenvalue weighted by molar-refractivity contribution is -0.0299. The van der Waals surface area contributed by atoms with Crippen molar-refractivity contribution in [3.63, 3.8) is 0 Å². The molecule has 0 spiro atoms. The van der Waals surface area contributed by atoms with Gasteiger partial charge < -0.3 is 10.0 Å². The second-order valence-electron chi connectivity index (χ2n) is 9.97. The number of nitrogens with zero attached hydrogens (tertiary/aromatic N) is 5. The molecule has 1 aliphatic heterocycles. The predicted molar refractivity (Wildman–Crippen MR) is 156 cm³/mol. The third-order valence-electron chi connectivity index (χ3n) is 7.16. The predicted octanol–water partition coefficient (Wildman–Crippen LogP) is 2.14. The fourth-order valence-electron chi connectivity index (χ4n) is 4.92. The van der Waals surface area contributed by atoms with Gasteiger partial charge in [-0.05, 0) is 36.6 Å². The molecule has 4 aromatic rings. The molecule has 5 rings (SSSR count). The molecule has 2 N–H and O–H groups in total. The molecule has 2 aromatic heterocycles. The van der Waals surface area contributed by atoms with E-state index >= 15 is 0 Å². The van der Waals surface area contributed by atoms with Crippen LogP contribution >= 0.6 is 12.6 Å². The molecule has 13 heteroatoms. The molecular weight excluding hydrogens is 552 g/mol. The van der Waals surface area contributed by atoms with Crippen molar-refractivity contribution in [1.29, 1.82) is 0 Å². The summed E-state index contributed by atoms with van der Waals surface area (Å²) in [4.78, 5) is 32.0. The van der Waals surface area contributed by atoms with E-state index in [0.29, 0.717) is 53.8 Å². The van der Waals surface area contributed by atoms with E-state index in [2.05, 4.69) is 27.4 Å². The van der Waals surface area contributed by atoms with Gasteiger partial charge in [-0.3, -0.25) is 23.6 Å². The largest absolute Gasteiger partial charge is 0.388 e. The number of amides is 1. The number of aliphatic hydroxyl groups is 1. The number of para-hydroxylation sites is 1. The van der Waals surface area contributed by atoms with Gasteiger partial charge in [0.05, 0.1) is 29.8 Å². The van der Waals surface area contributed by atoms with Gasteiger partial charge >= 0.3 is 0 Å². The summed E-state index contributed by atoms with van der Waals surface area (Å²) in [6, 6.07) is 14.1. The van der Waals surface area contributed by atoms with Crippen LogP contribution in [0.15, 0.2) is 65.8 Å². The van der Waals surface area contributed by atoms with Crippen LogP contribution in [0.5, 0.6) is 0 Å². The number of hydrogen-bond donors (Lipinski definition) is 3. The first-order valence-corrected chi connectivity index (χ1v) is 15.1. The molecule has 2 aromatic carbocycles. The van der Waals surface area contributed by atoms with Gasteiger partial charge in [-0.2, -0.15) is 17.7 Å². The summed E-state index contributed by atoms with van der Waals surface area (Å²) in [6.07, 6.45) is 3.52. The smallest absolute Gasteiger partial charge is 0.264 e. The van der Waals surface area contributed by atoms with Crippen molar-refractivity contribution in [1.82, 2.24) is 24.2 Å².